The number of nitrogens with zero attached hydrogens (tertiary/aromatic N) is 1. The lowest BCUT2D eigenvalue weighted by molar-refractivity contribution is 0.0897. The summed E-state index contributed by atoms with van der Waals surface area (Å²) in [5.41, 5.74) is 0.395. The Balaban J connectivity index is 2.87. The van der Waals surface area contributed by atoms with Crippen LogP contribution in [0, 0.1) is 0 Å². The maximum Gasteiger partial charge on any atom is 0.505 e. The minimum Gasteiger partial charge on any atom is -0.377 e. The molecule has 0 N–H and O–H groups in total. The fraction of sp³-hybridized carbons (Fsp3) is 1.00. The highest BCUT2D eigenvalue weighted by molar-refractivity contribution is 6.62. The lowest BCUT2D eigenvalue weighted by atomic mass is 10.1. The van der Waals surface area contributed by atoms with Gasteiger partial charge in [0.15, 0.2) is 0 Å². The van der Waals surface area contributed by atoms with E-state index in [4.69, 9.17) is 13.3 Å². The van der Waals surface area contributed by atoms with Gasteiger partial charge in [0.2, 0.25) is 0 Å². The van der Waals surface area contributed by atoms with Crippen molar-refractivity contribution in [1.82, 2.24) is 4.90 Å². The van der Waals surface area contributed by atoms with Gasteiger partial charge in [0.1, 0.15) is 0 Å². The Kier molecular flexibility index (Phi) is 8.29. The fourth-order valence-electron chi connectivity index (χ4n) is 3.57. The molecule has 1 saturated heterocycles. The average molecular weight is 304 g/mol. The van der Waals surface area contributed by atoms with Gasteiger partial charge >= 0.3 is 8.80 Å². The Labute approximate surface area is 126 Å². The minimum absolute atomic E-state index is 0.395. The maximum absolute atomic E-state index is 5.78. The minimum atomic E-state index is -2.56. The third kappa shape index (κ3) is 4.04. The van der Waals surface area contributed by atoms with Crippen molar-refractivity contribution >= 4 is 8.80 Å². The van der Waals surface area contributed by atoms with Crippen LogP contribution >= 0.6 is 0 Å². The van der Waals surface area contributed by atoms with Crippen LogP contribution in [0.4, 0.5) is 0 Å². The summed E-state index contributed by atoms with van der Waals surface area (Å²) in [6.45, 7) is 6.90. The van der Waals surface area contributed by atoms with Crippen LogP contribution in [0.15, 0.2) is 0 Å². The number of likely N-dealkylation sites (tertiary alicyclic amines) is 1. The van der Waals surface area contributed by atoms with Crippen LogP contribution in [0.25, 0.3) is 0 Å². The molecule has 0 radical (unpaired) electrons. The van der Waals surface area contributed by atoms with Crippen LogP contribution in [0.5, 0.6) is 0 Å². The van der Waals surface area contributed by atoms with E-state index in [2.05, 4.69) is 18.7 Å². The van der Waals surface area contributed by atoms with E-state index in [1.54, 1.807) is 21.3 Å². The Morgan fingerprint density at radius 1 is 1.10 bits per heavy atom. The molecular weight excluding hydrogens is 270 g/mol. The smallest absolute Gasteiger partial charge is 0.377 e. The molecule has 20 heavy (non-hydrogen) atoms. The molecule has 1 fully saturated rings. The van der Waals surface area contributed by atoms with Gasteiger partial charge in [0.05, 0.1) is 0 Å². The monoisotopic (exact) mass is 303 g/mol. The van der Waals surface area contributed by atoms with Crippen LogP contribution in [0.1, 0.15) is 52.4 Å². The molecule has 0 amide bonds. The van der Waals surface area contributed by atoms with Gasteiger partial charge in [-0.1, -0.05) is 26.7 Å². The third-order valence-electron chi connectivity index (χ3n) is 4.58. The SMILES string of the molecule is CCCCN1CCCC1C(CCC)[Si](OC)(OC)OC. The van der Waals surface area contributed by atoms with E-state index in [0.29, 0.717) is 11.6 Å². The first-order valence-corrected chi connectivity index (χ1v) is 9.88. The van der Waals surface area contributed by atoms with E-state index in [1.165, 1.54) is 38.8 Å². The molecule has 1 aliphatic rings. The summed E-state index contributed by atoms with van der Waals surface area (Å²) in [4.78, 5) is 2.64. The third-order valence-corrected chi connectivity index (χ3v) is 7.87. The molecule has 0 aliphatic carbocycles. The van der Waals surface area contributed by atoms with Crippen molar-refractivity contribution in [1.29, 1.82) is 0 Å². The molecule has 0 aromatic rings. The summed E-state index contributed by atoms with van der Waals surface area (Å²) in [6, 6.07) is 0.563. The van der Waals surface area contributed by atoms with E-state index in [0.717, 1.165) is 12.8 Å². The van der Waals surface area contributed by atoms with Gasteiger partial charge in [-0.2, -0.15) is 0 Å². The van der Waals surface area contributed by atoms with Gasteiger partial charge in [-0.25, -0.2) is 0 Å². The van der Waals surface area contributed by atoms with Crippen molar-refractivity contribution in [3.63, 3.8) is 0 Å². The van der Waals surface area contributed by atoms with Crippen molar-refractivity contribution in [2.45, 2.75) is 64.0 Å². The van der Waals surface area contributed by atoms with E-state index in [1.807, 2.05) is 0 Å². The predicted octanol–water partition coefficient (Wildman–Crippen LogP) is 3.30. The van der Waals surface area contributed by atoms with Gasteiger partial charge in [0.25, 0.3) is 0 Å². The Morgan fingerprint density at radius 3 is 2.25 bits per heavy atom. The Morgan fingerprint density at radius 2 is 1.75 bits per heavy atom. The summed E-state index contributed by atoms with van der Waals surface area (Å²) in [5, 5.41) is 0. The van der Waals surface area contributed by atoms with Crippen molar-refractivity contribution in [2.75, 3.05) is 34.4 Å². The summed E-state index contributed by atoms with van der Waals surface area (Å²) >= 11 is 0. The van der Waals surface area contributed by atoms with Crippen molar-refractivity contribution in [3.05, 3.63) is 0 Å². The molecule has 5 heteroatoms. The first-order chi connectivity index (χ1) is 9.68. The zero-order chi connectivity index (χ0) is 15.0. The van der Waals surface area contributed by atoms with Crippen LogP contribution < -0.4 is 0 Å². The van der Waals surface area contributed by atoms with Gasteiger partial charge in [-0.3, -0.25) is 0 Å². The first-order valence-electron chi connectivity index (χ1n) is 8.08. The number of hydrogen-bond acceptors (Lipinski definition) is 4. The topological polar surface area (TPSA) is 30.9 Å². The summed E-state index contributed by atoms with van der Waals surface area (Å²) in [5.74, 6) is 0. The molecule has 120 valence electrons. The molecular formula is C15H33NO3Si. The zero-order valence-corrected chi connectivity index (χ0v) is 15.0. The molecule has 0 aromatic carbocycles. The van der Waals surface area contributed by atoms with Crippen LogP contribution in [0.2, 0.25) is 5.54 Å². The molecule has 1 aliphatic heterocycles. The van der Waals surface area contributed by atoms with E-state index in [9.17, 15) is 0 Å². The second-order valence-corrected chi connectivity index (χ2v) is 8.88. The molecule has 1 heterocycles. The van der Waals surface area contributed by atoms with Crippen molar-refractivity contribution in [2.24, 2.45) is 0 Å². The van der Waals surface area contributed by atoms with Gasteiger partial charge < -0.3 is 18.2 Å². The number of unbranched alkanes of at least 4 members (excludes halogenated alkanes) is 1. The van der Waals surface area contributed by atoms with E-state index in [-0.39, 0.29) is 0 Å². The Bertz CT molecular complexity index is 253. The molecule has 2 atom stereocenters. The lowest BCUT2D eigenvalue weighted by Crippen LogP contribution is -2.54. The van der Waals surface area contributed by atoms with Gasteiger partial charge in [0, 0.05) is 32.9 Å². The first kappa shape index (κ1) is 18.1. The van der Waals surface area contributed by atoms with Crippen LogP contribution in [0.3, 0.4) is 0 Å². The molecule has 0 saturated carbocycles. The highest BCUT2D eigenvalue weighted by Gasteiger charge is 2.52. The molecule has 4 nitrogen and oxygen atoms in total. The number of hydrogen-bond donors (Lipinski definition) is 0. The summed E-state index contributed by atoms with van der Waals surface area (Å²) in [7, 11) is 2.67. The van der Waals surface area contributed by atoms with Crippen molar-refractivity contribution < 1.29 is 13.3 Å². The van der Waals surface area contributed by atoms with E-state index >= 15 is 0 Å². The largest absolute Gasteiger partial charge is 0.505 e. The van der Waals surface area contributed by atoms with Crippen LogP contribution in [-0.4, -0.2) is 54.2 Å². The molecule has 2 unspecified atom stereocenters. The summed E-state index contributed by atoms with van der Waals surface area (Å²) in [6.07, 6.45) is 7.33. The van der Waals surface area contributed by atoms with Crippen LogP contribution in [-0.2, 0) is 13.3 Å². The zero-order valence-electron chi connectivity index (χ0n) is 14.0. The normalized spacial score (nSPS) is 22.4. The quantitative estimate of drug-likeness (QED) is 0.579. The second-order valence-electron chi connectivity index (χ2n) is 5.71. The highest BCUT2D eigenvalue weighted by Crippen LogP contribution is 2.39. The highest BCUT2D eigenvalue weighted by atomic mass is 28.4. The Hall–Kier alpha value is 0.0569. The lowest BCUT2D eigenvalue weighted by Gasteiger charge is -2.39. The van der Waals surface area contributed by atoms with Gasteiger partial charge in [-0.05, 0) is 38.8 Å². The fourth-order valence-corrected chi connectivity index (χ4v) is 6.47. The molecule has 1 rings (SSSR count). The van der Waals surface area contributed by atoms with Gasteiger partial charge in [-0.15, -0.1) is 0 Å². The molecule has 0 bridgehead atoms. The average Bonchev–Trinajstić information content (AvgIpc) is 2.94. The van der Waals surface area contributed by atoms with E-state index < -0.39 is 8.80 Å². The predicted molar refractivity (Wildman–Crippen MR) is 84.9 cm³/mol. The van der Waals surface area contributed by atoms with Crippen molar-refractivity contribution in [3.8, 4) is 0 Å². The standard InChI is InChI=1S/C15H33NO3Si/c1-6-8-12-16-13-9-11-14(16)15(10-7-2)20(17-3,18-4)19-5/h14-15H,6-13H2,1-5H3. The molecule has 0 aromatic heterocycles. The number of rotatable bonds is 10. The second kappa shape index (κ2) is 9.15. The molecule has 0 spiro atoms. The summed E-state index contributed by atoms with van der Waals surface area (Å²) < 4.78 is 17.4. The maximum atomic E-state index is 5.78.